The van der Waals surface area contributed by atoms with Crippen LogP contribution in [0.1, 0.15) is 72.6 Å². The number of ketones is 2. The molecular weight excluding hydrogens is 426 g/mol. The second-order valence-corrected chi connectivity index (χ2v) is 11.0. The lowest BCUT2D eigenvalue weighted by Gasteiger charge is -2.67. The Kier molecular flexibility index (Phi) is 5.64. The van der Waals surface area contributed by atoms with Gasteiger partial charge in [0.15, 0.2) is 12.4 Å². The van der Waals surface area contributed by atoms with Crippen LogP contribution in [0, 0.1) is 22.7 Å². The van der Waals surface area contributed by atoms with Crippen molar-refractivity contribution in [3.8, 4) is 0 Å². The monoisotopic (exact) mass is 461 g/mol. The van der Waals surface area contributed by atoms with Crippen molar-refractivity contribution in [2.75, 3.05) is 6.61 Å². The SMILES string of the molecule is CC(=O)N[C@]12[C@H](O)C[C@]3(C)[C@H](CC[C@]3(O)C(=O)COC(C)=O)[C@@H]1CCC1=CC(=O)CC[C@]12C. The van der Waals surface area contributed by atoms with E-state index in [0.717, 1.165) is 5.57 Å². The number of rotatable bonds is 4. The number of nitrogens with one attached hydrogen (secondary N) is 1. The summed E-state index contributed by atoms with van der Waals surface area (Å²) in [5.74, 6) is -1.63. The Bertz CT molecular complexity index is 943. The largest absolute Gasteiger partial charge is 0.458 e. The standard InChI is InChI=1S/C25H35NO7/c1-14(27)26-25-19(6-5-16-11-17(29)7-9-22(16,25)3)18-8-10-24(32,21(31)13-33-15(2)28)23(18,4)12-20(25)30/h11,18-20,30,32H,5-10,12-13H2,1-4H3,(H,26,27)/t18-,19+,20-,22-,23-,24+,25+/m1/s1. The Morgan fingerprint density at radius 1 is 1.12 bits per heavy atom. The van der Waals surface area contributed by atoms with Gasteiger partial charge in [0.2, 0.25) is 11.7 Å². The molecule has 1 amide bonds. The fraction of sp³-hybridized carbons (Fsp3) is 0.760. The number of ether oxygens (including phenoxy) is 1. The number of aliphatic hydroxyl groups excluding tert-OH is 1. The number of carbonyl (C=O) groups is 4. The highest BCUT2D eigenvalue weighted by Crippen LogP contribution is 2.69. The average molecular weight is 462 g/mol. The van der Waals surface area contributed by atoms with Gasteiger partial charge < -0.3 is 20.3 Å². The van der Waals surface area contributed by atoms with Gasteiger partial charge in [-0.25, -0.2) is 0 Å². The van der Waals surface area contributed by atoms with Crippen LogP contribution in [0.25, 0.3) is 0 Å². The van der Waals surface area contributed by atoms with Crippen molar-refractivity contribution >= 4 is 23.4 Å². The van der Waals surface area contributed by atoms with E-state index in [1.54, 1.807) is 6.08 Å². The summed E-state index contributed by atoms with van der Waals surface area (Å²) >= 11 is 0. The first-order valence-corrected chi connectivity index (χ1v) is 11.9. The first-order chi connectivity index (χ1) is 15.3. The van der Waals surface area contributed by atoms with Crippen LogP contribution >= 0.6 is 0 Å². The number of amides is 1. The van der Waals surface area contributed by atoms with E-state index >= 15 is 0 Å². The Balaban J connectivity index is 1.79. The molecule has 4 aliphatic carbocycles. The number of hydrogen-bond donors (Lipinski definition) is 3. The third-order valence-electron chi connectivity index (χ3n) is 9.60. The number of Topliss-reactive ketones (excluding diaryl/α,β-unsaturated/α-hetero) is 1. The smallest absolute Gasteiger partial charge is 0.303 e. The maximum atomic E-state index is 13.1. The van der Waals surface area contributed by atoms with Crippen molar-refractivity contribution < 1.29 is 34.1 Å². The Morgan fingerprint density at radius 3 is 2.45 bits per heavy atom. The first kappa shape index (κ1) is 24.1. The van der Waals surface area contributed by atoms with E-state index in [-0.39, 0.29) is 36.4 Å². The molecule has 0 aromatic heterocycles. The Hall–Kier alpha value is -2.06. The van der Waals surface area contributed by atoms with Crippen LogP contribution in [0.15, 0.2) is 11.6 Å². The Morgan fingerprint density at radius 2 is 1.82 bits per heavy atom. The molecule has 8 nitrogen and oxygen atoms in total. The molecule has 3 N–H and O–H groups in total. The lowest BCUT2D eigenvalue weighted by atomic mass is 9.41. The highest BCUT2D eigenvalue weighted by Gasteiger charge is 2.73. The summed E-state index contributed by atoms with van der Waals surface area (Å²) in [7, 11) is 0. The molecule has 3 fully saturated rings. The maximum Gasteiger partial charge on any atom is 0.303 e. The van der Waals surface area contributed by atoms with Crippen LogP contribution in [0.5, 0.6) is 0 Å². The minimum atomic E-state index is -1.73. The van der Waals surface area contributed by atoms with E-state index in [1.807, 2.05) is 13.8 Å². The quantitative estimate of drug-likeness (QED) is 0.542. The van der Waals surface area contributed by atoms with Gasteiger partial charge in [-0.05, 0) is 56.4 Å². The van der Waals surface area contributed by atoms with Gasteiger partial charge in [0, 0.05) is 31.1 Å². The predicted octanol–water partition coefficient (Wildman–Crippen LogP) is 1.61. The third kappa shape index (κ3) is 3.16. The van der Waals surface area contributed by atoms with Crippen LogP contribution in [-0.2, 0) is 23.9 Å². The number of aliphatic hydroxyl groups is 2. The Labute approximate surface area is 194 Å². The molecule has 0 radical (unpaired) electrons. The highest BCUT2D eigenvalue weighted by atomic mass is 16.5. The molecular formula is C25H35NO7. The molecule has 182 valence electrons. The summed E-state index contributed by atoms with van der Waals surface area (Å²) in [5.41, 5.74) is -3.28. The normalized spacial score (nSPS) is 44.1. The zero-order chi connectivity index (χ0) is 24.4. The van der Waals surface area contributed by atoms with Crippen LogP contribution in [0.2, 0.25) is 0 Å². The van der Waals surface area contributed by atoms with E-state index < -0.39 is 46.4 Å². The molecule has 0 aliphatic heterocycles. The van der Waals surface area contributed by atoms with Gasteiger partial charge in [0.05, 0.1) is 11.6 Å². The van der Waals surface area contributed by atoms with Gasteiger partial charge in [0.25, 0.3) is 0 Å². The highest BCUT2D eigenvalue weighted by molar-refractivity contribution is 5.92. The van der Waals surface area contributed by atoms with Gasteiger partial charge >= 0.3 is 5.97 Å². The number of esters is 1. The van der Waals surface area contributed by atoms with Gasteiger partial charge in [0.1, 0.15) is 5.60 Å². The number of hydrogen-bond acceptors (Lipinski definition) is 7. The lowest BCUT2D eigenvalue weighted by molar-refractivity contribution is -0.198. The summed E-state index contributed by atoms with van der Waals surface area (Å²) in [5, 5.41) is 26.6. The van der Waals surface area contributed by atoms with Crippen molar-refractivity contribution in [2.45, 2.75) is 89.9 Å². The first-order valence-electron chi connectivity index (χ1n) is 11.9. The summed E-state index contributed by atoms with van der Waals surface area (Å²) < 4.78 is 4.90. The molecule has 0 aromatic rings. The number of fused-ring (bicyclic) bond motifs is 5. The second-order valence-electron chi connectivity index (χ2n) is 11.0. The topological polar surface area (TPSA) is 130 Å². The minimum Gasteiger partial charge on any atom is -0.458 e. The fourth-order valence-electron chi connectivity index (χ4n) is 8.01. The average Bonchev–Trinajstić information content (AvgIpc) is 2.99. The molecule has 3 saturated carbocycles. The predicted molar refractivity (Wildman–Crippen MR) is 118 cm³/mol. The minimum absolute atomic E-state index is 0.0698. The van der Waals surface area contributed by atoms with Gasteiger partial charge in [-0.1, -0.05) is 19.4 Å². The van der Waals surface area contributed by atoms with E-state index in [4.69, 9.17) is 4.74 Å². The zero-order valence-electron chi connectivity index (χ0n) is 19.9. The van der Waals surface area contributed by atoms with E-state index in [0.29, 0.717) is 32.1 Å². The van der Waals surface area contributed by atoms with Crippen molar-refractivity contribution in [3.63, 3.8) is 0 Å². The van der Waals surface area contributed by atoms with E-state index in [9.17, 15) is 29.4 Å². The summed E-state index contributed by atoms with van der Waals surface area (Å²) in [4.78, 5) is 49.0. The number of carbonyl (C=O) groups excluding carboxylic acids is 4. The van der Waals surface area contributed by atoms with Gasteiger partial charge in [-0.15, -0.1) is 0 Å². The van der Waals surface area contributed by atoms with E-state index in [2.05, 4.69) is 5.32 Å². The van der Waals surface area contributed by atoms with E-state index in [1.165, 1.54) is 13.8 Å². The van der Waals surface area contributed by atoms with Crippen molar-refractivity contribution in [3.05, 3.63) is 11.6 Å². The molecule has 0 heterocycles. The van der Waals surface area contributed by atoms with Crippen LogP contribution < -0.4 is 5.32 Å². The molecule has 0 unspecified atom stereocenters. The molecule has 4 rings (SSSR count). The van der Waals surface area contributed by atoms with Gasteiger partial charge in [-0.3, -0.25) is 19.2 Å². The molecule has 33 heavy (non-hydrogen) atoms. The maximum absolute atomic E-state index is 13.1. The molecule has 0 aromatic carbocycles. The molecule has 0 saturated heterocycles. The summed E-state index contributed by atoms with van der Waals surface area (Å²) in [6.07, 6.45) is 3.76. The van der Waals surface area contributed by atoms with Crippen LogP contribution in [0.4, 0.5) is 0 Å². The molecule has 4 aliphatic rings. The van der Waals surface area contributed by atoms with Gasteiger partial charge in [-0.2, -0.15) is 0 Å². The van der Waals surface area contributed by atoms with Crippen LogP contribution in [0.3, 0.4) is 0 Å². The summed E-state index contributed by atoms with van der Waals surface area (Å²) in [6.45, 7) is 6.03. The summed E-state index contributed by atoms with van der Waals surface area (Å²) in [6, 6.07) is 0. The third-order valence-corrected chi connectivity index (χ3v) is 9.60. The van der Waals surface area contributed by atoms with Crippen molar-refractivity contribution in [2.24, 2.45) is 22.7 Å². The molecule has 7 atom stereocenters. The second kappa shape index (κ2) is 7.73. The zero-order valence-corrected chi connectivity index (χ0v) is 19.9. The molecule has 0 spiro atoms. The van der Waals surface area contributed by atoms with Crippen LogP contribution in [-0.4, -0.2) is 57.5 Å². The molecule has 0 bridgehead atoms. The van der Waals surface area contributed by atoms with Crippen molar-refractivity contribution in [1.29, 1.82) is 0 Å². The fourth-order valence-corrected chi connectivity index (χ4v) is 8.01. The van der Waals surface area contributed by atoms with Crippen molar-refractivity contribution in [1.82, 2.24) is 5.32 Å². The lowest BCUT2D eigenvalue weighted by Crippen LogP contribution is -2.77. The molecule has 8 heteroatoms.